The van der Waals surface area contributed by atoms with Gasteiger partial charge < -0.3 is 10.3 Å². The smallest absolute Gasteiger partial charge is 0.422 e. The quantitative estimate of drug-likeness (QED) is 0.377. The van der Waals surface area contributed by atoms with E-state index in [0.29, 0.717) is 21.8 Å². The van der Waals surface area contributed by atoms with Crippen LogP contribution >= 0.6 is 11.6 Å². The Morgan fingerprint density at radius 3 is 2.81 bits per heavy atom. The van der Waals surface area contributed by atoms with E-state index in [1.165, 1.54) is 0 Å². The van der Waals surface area contributed by atoms with Crippen LogP contribution in [0, 0.1) is 0 Å². The lowest BCUT2D eigenvalue weighted by Gasteiger charge is -2.06. The molecule has 6 heteroatoms. The normalized spacial score (nSPS) is 9.81. The van der Waals surface area contributed by atoms with Gasteiger partial charge in [0.2, 0.25) is 0 Å². The first-order valence-electron chi connectivity index (χ1n) is 6.28. The first-order chi connectivity index (χ1) is 10.2. The monoisotopic (exact) mass is 301 g/mol. The number of benzene rings is 1. The number of hydrogen-bond acceptors (Lipinski definition) is 3. The lowest BCUT2D eigenvalue weighted by Crippen LogP contribution is -2.20. The van der Waals surface area contributed by atoms with Crippen LogP contribution in [0.4, 0.5) is 0 Å². The third-order valence-corrected chi connectivity index (χ3v) is 2.98. The fraction of sp³-hybridized carbons (Fsp3) is 0.133. The van der Waals surface area contributed by atoms with Crippen molar-refractivity contribution in [2.45, 2.75) is 6.92 Å². The van der Waals surface area contributed by atoms with Crippen molar-refractivity contribution < 1.29 is 14.3 Å². The molecular weight excluding hydrogens is 290 g/mol. The summed E-state index contributed by atoms with van der Waals surface area (Å²) < 4.78 is 4.89. The number of carbonyl (C=O) groups is 1. The Hall–Kier alpha value is -2.49. The van der Waals surface area contributed by atoms with Crippen LogP contribution in [0.3, 0.4) is 0 Å². The molecule has 1 aromatic heterocycles. The molecule has 106 valence electrons. The van der Waals surface area contributed by atoms with Gasteiger partial charge in [-0.05, 0) is 37.3 Å². The maximum atomic E-state index is 11.9. The Morgan fingerprint density at radius 2 is 2.19 bits per heavy atom. The van der Waals surface area contributed by atoms with Crippen LogP contribution in [-0.2, 0) is 9.53 Å². The highest BCUT2D eigenvalue weighted by atomic mass is 35.5. The molecule has 0 bridgehead atoms. The van der Waals surface area contributed by atoms with Gasteiger partial charge in [-0.3, -0.25) is 4.98 Å². The molecule has 1 heterocycles. The number of ether oxygens (including phenoxy) is 1. The fourth-order valence-corrected chi connectivity index (χ4v) is 2.03. The van der Waals surface area contributed by atoms with Gasteiger partial charge in [-0.2, -0.15) is 4.79 Å². The summed E-state index contributed by atoms with van der Waals surface area (Å²) in [4.78, 5) is 19.2. The van der Waals surface area contributed by atoms with Gasteiger partial charge in [-0.15, -0.1) is 0 Å². The summed E-state index contributed by atoms with van der Waals surface area (Å²) in [7, 11) is 0. The Kier molecular flexibility index (Phi) is 4.82. The van der Waals surface area contributed by atoms with E-state index in [1.807, 2.05) is 6.07 Å². The van der Waals surface area contributed by atoms with Crippen molar-refractivity contribution in [3.63, 3.8) is 0 Å². The largest absolute Gasteiger partial charge is 0.457 e. The average Bonchev–Trinajstić information content (AvgIpc) is 2.50. The van der Waals surface area contributed by atoms with Crippen molar-refractivity contribution in [2.24, 2.45) is 0 Å². The number of esters is 1. The zero-order valence-corrected chi connectivity index (χ0v) is 12.0. The predicted molar refractivity (Wildman–Crippen MR) is 79.0 cm³/mol. The number of rotatable bonds is 4. The minimum atomic E-state index is -0.709. The Balaban J connectivity index is 2.59. The van der Waals surface area contributed by atoms with Crippen LogP contribution < -0.4 is 0 Å². The molecule has 0 aliphatic carbocycles. The maximum absolute atomic E-state index is 11.9. The molecule has 0 fully saturated rings. The summed E-state index contributed by atoms with van der Waals surface area (Å²) in [6.07, 6.45) is 1.63. The highest BCUT2D eigenvalue weighted by Crippen LogP contribution is 2.26. The molecule has 2 rings (SSSR count). The molecule has 0 amide bonds. The maximum Gasteiger partial charge on any atom is 0.422 e. The summed E-state index contributed by atoms with van der Waals surface area (Å²) in [6.45, 7) is 1.86. The number of hydrogen-bond donors (Lipinski definition) is 0. The number of nitrogens with zero attached hydrogens (tertiary/aromatic N) is 3. The van der Waals surface area contributed by atoms with E-state index in [4.69, 9.17) is 21.9 Å². The van der Waals surface area contributed by atoms with Crippen molar-refractivity contribution in [1.29, 1.82) is 0 Å². The second kappa shape index (κ2) is 6.79. The van der Waals surface area contributed by atoms with E-state index in [2.05, 4.69) is 9.77 Å². The summed E-state index contributed by atoms with van der Waals surface area (Å²) in [5.41, 5.74) is 10.6. The van der Waals surface area contributed by atoms with Crippen LogP contribution in [0.25, 0.3) is 16.8 Å². The average molecular weight is 302 g/mol. The molecule has 1 aromatic carbocycles. The highest BCUT2D eigenvalue weighted by molar-refractivity contribution is 6.42. The van der Waals surface area contributed by atoms with Gasteiger partial charge in [0.1, 0.15) is 0 Å². The third kappa shape index (κ3) is 3.34. The van der Waals surface area contributed by atoms with E-state index in [9.17, 15) is 4.79 Å². The van der Waals surface area contributed by atoms with Crippen LogP contribution in [0.2, 0.25) is 5.02 Å². The molecule has 5 nitrogen and oxygen atoms in total. The number of halogens is 1. The fourth-order valence-electron chi connectivity index (χ4n) is 1.86. The van der Waals surface area contributed by atoms with Crippen LogP contribution in [0.5, 0.6) is 0 Å². The molecule has 0 radical (unpaired) electrons. The Labute approximate surface area is 126 Å². The lowest BCUT2D eigenvalue weighted by molar-refractivity contribution is -0.139. The standard InChI is InChI=1S/C15H12ClN3O2/c1-2-21-15(20)14(19-17)11-7-6-10(16)9-12(11)13-5-3-4-8-18-13/h3-9H,2H2,1H3. The minimum absolute atomic E-state index is 0.185. The molecule has 0 saturated heterocycles. The Morgan fingerprint density at radius 1 is 1.38 bits per heavy atom. The molecule has 0 unspecified atom stereocenters. The second-order valence-corrected chi connectivity index (χ2v) is 4.51. The number of aromatic nitrogens is 1. The molecule has 0 atom stereocenters. The van der Waals surface area contributed by atoms with Gasteiger partial charge in [0, 0.05) is 16.8 Å². The van der Waals surface area contributed by atoms with Gasteiger partial charge in [0.05, 0.1) is 17.9 Å². The van der Waals surface area contributed by atoms with Gasteiger partial charge in [0.25, 0.3) is 0 Å². The van der Waals surface area contributed by atoms with Crippen molar-refractivity contribution in [3.8, 4) is 11.3 Å². The molecule has 0 aliphatic rings. The molecule has 2 aromatic rings. The molecule has 0 saturated carbocycles. The van der Waals surface area contributed by atoms with E-state index in [-0.39, 0.29) is 12.3 Å². The first-order valence-corrected chi connectivity index (χ1v) is 6.65. The van der Waals surface area contributed by atoms with Gasteiger partial charge in [0.15, 0.2) is 0 Å². The van der Waals surface area contributed by atoms with E-state index < -0.39 is 5.97 Å². The second-order valence-electron chi connectivity index (χ2n) is 4.07. The number of carbonyl (C=O) groups excluding carboxylic acids is 1. The van der Waals surface area contributed by atoms with Crippen LogP contribution in [0.1, 0.15) is 12.5 Å². The van der Waals surface area contributed by atoms with Gasteiger partial charge in [-0.25, -0.2) is 4.79 Å². The van der Waals surface area contributed by atoms with Crippen LogP contribution in [0.15, 0.2) is 42.6 Å². The SMILES string of the molecule is CCOC(=O)C(=[N+]=[N-])c1ccc(Cl)cc1-c1ccccn1. The predicted octanol–water partition coefficient (Wildman–Crippen LogP) is 2.98. The lowest BCUT2D eigenvalue weighted by atomic mass is 10.00. The van der Waals surface area contributed by atoms with Gasteiger partial charge >= 0.3 is 11.7 Å². The Bertz CT molecular complexity index is 710. The van der Waals surface area contributed by atoms with Crippen molar-refractivity contribution >= 4 is 23.3 Å². The summed E-state index contributed by atoms with van der Waals surface area (Å²) >= 11 is 6.01. The number of pyridine rings is 1. The molecule has 21 heavy (non-hydrogen) atoms. The van der Waals surface area contributed by atoms with Crippen LogP contribution in [-0.4, -0.2) is 28.1 Å². The molecular formula is C15H12ClN3O2. The molecule has 0 spiro atoms. The van der Waals surface area contributed by atoms with E-state index in [1.54, 1.807) is 43.5 Å². The topological polar surface area (TPSA) is 75.6 Å². The van der Waals surface area contributed by atoms with Gasteiger partial charge in [-0.1, -0.05) is 17.7 Å². The highest BCUT2D eigenvalue weighted by Gasteiger charge is 2.28. The summed E-state index contributed by atoms with van der Waals surface area (Å²) in [6, 6.07) is 10.2. The zero-order valence-electron chi connectivity index (χ0n) is 11.3. The van der Waals surface area contributed by atoms with Crippen molar-refractivity contribution in [3.05, 3.63) is 58.7 Å². The van der Waals surface area contributed by atoms with Crippen molar-refractivity contribution in [2.75, 3.05) is 6.61 Å². The molecule has 0 aliphatic heterocycles. The molecule has 0 N–H and O–H groups in total. The minimum Gasteiger partial charge on any atom is -0.457 e. The van der Waals surface area contributed by atoms with Crippen molar-refractivity contribution in [1.82, 2.24) is 4.98 Å². The third-order valence-electron chi connectivity index (χ3n) is 2.75. The van der Waals surface area contributed by atoms with E-state index >= 15 is 0 Å². The summed E-state index contributed by atoms with van der Waals surface area (Å²) in [5, 5.41) is 0.487. The summed E-state index contributed by atoms with van der Waals surface area (Å²) in [5.74, 6) is -0.709. The first kappa shape index (κ1) is 14.9. The van der Waals surface area contributed by atoms with E-state index in [0.717, 1.165) is 0 Å². The zero-order chi connectivity index (χ0) is 15.2.